The number of aromatic nitrogens is 4. The number of methoxy groups -OCH3 is 1. The van der Waals surface area contributed by atoms with Gasteiger partial charge in [-0.15, -0.1) is 5.10 Å². The zero-order chi connectivity index (χ0) is 22.8. The normalized spacial score (nSPS) is 14.8. The molecule has 0 fully saturated rings. The van der Waals surface area contributed by atoms with E-state index in [-0.39, 0.29) is 5.56 Å². The Hall–Kier alpha value is -3.07. The molecule has 4 aromatic rings. The van der Waals surface area contributed by atoms with Crippen molar-refractivity contribution in [1.29, 1.82) is 0 Å². The molecule has 0 radical (unpaired) electrons. The van der Waals surface area contributed by atoms with Gasteiger partial charge >= 0.3 is 0 Å². The van der Waals surface area contributed by atoms with E-state index in [1.165, 1.54) is 11.1 Å². The van der Waals surface area contributed by atoms with Gasteiger partial charge in [-0.05, 0) is 48.3 Å². The summed E-state index contributed by atoms with van der Waals surface area (Å²) in [5, 5.41) is 5.45. The van der Waals surface area contributed by atoms with Crippen molar-refractivity contribution < 1.29 is 4.74 Å². The summed E-state index contributed by atoms with van der Waals surface area (Å²) in [6, 6.07) is 18.1. The number of aryl methyl sites for hydroxylation is 1. The van der Waals surface area contributed by atoms with Crippen molar-refractivity contribution in [3.63, 3.8) is 0 Å². The minimum absolute atomic E-state index is 0.0465. The van der Waals surface area contributed by atoms with Crippen molar-refractivity contribution in [3.8, 4) is 0 Å². The maximum Gasteiger partial charge on any atom is 0.262 e. The number of ether oxygens (including phenoxy) is 1. The minimum Gasteiger partial charge on any atom is -0.385 e. The fraction of sp³-hybridized carbons (Fsp3) is 0.320. The van der Waals surface area contributed by atoms with Crippen LogP contribution in [-0.4, -0.2) is 50.5 Å². The predicted octanol–water partition coefficient (Wildman–Crippen LogP) is 3.96. The van der Waals surface area contributed by atoms with Crippen LogP contribution in [0.2, 0.25) is 0 Å². The van der Waals surface area contributed by atoms with E-state index in [2.05, 4.69) is 35.2 Å². The molecule has 7 nitrogen and oxygen atoms in total. The number of hydrogen-bond donors (Lipinski definition) is 0. The first-order valence-corrected chi connectivity index (χ1v) is 11.6. The van der Waals surface area contributed by atoms with Crippen LogP contribution in [0, 0.1) is 4.77 Å². The van der Waals surface area contributed by atoms with Gasteiger partial charge in [-0.1, -0.05) is 48.5 Å². The van der Waals surface area contributed by atoms with Gasteiger partial charge in [0.2, 0.25) is 10.5 Å². The first kappa shape index (κ1) is 21.8. The summed E-state index contributed by atoms with van der Waals surface area (Å²) in [6.45, 7) is 3.45. The molecule has 0 N–H and O–H groups in total. The zero-order valence-corrected chi connectivity index (χ0v) is 19.5. The third-order valence-electron chi connectivity index (χ3n) is 6.19. The maximum absolute atomic E-state index is 13.2. The number of benzene rings is 2. The summed E-state index contributed by atoms with van der Waals surface area (Å²) in [6.07, 6.45) is 3.99. The van der Waals surface area contributed by atoms with E-state index in [0.717, 1.165) is 31.4 Å². The number of fused-ring (bicyclic) bond motifs is 3. The van der Waals surface area contributed by atoms with Gasteiger partial charge in [-0.3, -0.25) is 18.7 Å². The lowest BCUT2D eigenvalue weighted by atomic mass is 10.00. The summed E-state index contributed by atoms with van der Waals surface area (Å²) in [4.78, 5) is 15.5. The molecule has 0 spiro atoms. The second-order valence-electron chi connectivity index (χ2n) is 8.30. The smallest absolute Gasteiger partial charge is 0.262 e. The highest BCUT2D eigenvalue weighted by Gasteiger charge is 2.18. The monoisotopic (exact) mass is 461 g/mol. The van der Waals surface area contributed by atoms with Crippen LogP contribution < -0.4 is 5.56 Å². The molecular weight excluding hydrogens is 434 g/mol. The number of hydrogen-bond acceptors (Lipinski definition) is 5. The fourth-order valence-electron chi connectivity index (χ4n) is 4.47. The summed E-state index contributed by atoms with van der Waals surface area (Å²) >= 11 is 5.84. The number of para-hydroxylation sites is 1. The van der Waals surface area contributed by atoms with Gasteiger partial charge in [-0.25, -0.2) is 4.68 Å². The highest BCUT2D eigenvalue weighted by Crippen LogP contribution is 2.22. The van der Waals surface area contributed by atoms with Crippen molar-refractivity contribution >= 4 is 34.5 Å². The molecule has 0 aliphatic carbocycles. The van der Waals surface area contributed by atoms with Crippen molar-refractivity contribution in [3.05, 3.63) is 81.4 Å². The van der Waals surface area contributed by atoms with Gasteiger partial charge in [0.05, 0.1) is 17.6 Å². The van der Waals surface area contributed by atoms with Gasteiger partial charge in [-0.2, -0.15) is 0 Å². The van der Waals surface area contributed by atoms with Crippen LogP contribution >= 0.6 is 12.2 Å². The molecule has 0 atom stereocenters. The Morgan fingerprint density at radius 3 is 2.64 bits per heavy atom. The molecule has 1 aliphatic heterocycles. The van der Waals surface area contributed by atoms with E-state index >= 15 is 0 Å². The van der Waals surface area contributed by atoms with E-state index in [9.17, 15) is 4.79 Å². The van der Waals surface area contributed by atoms with Crippen LogP contribution in [0.25, 0.3) is 22.3 Å². The van der Waals surface area contributed by atoms with Crippen molar-refractivity contribution in [2.24, 2.45) is 0 Å². The Labute approximate surface area is 197 Å². The lowest BCUT2D eigenvalue weighted by Crippen LogP contribution is -2.31. The molecule has 2 aromatic carbocycles. The largest absolute Gasteiger partial charge is 0.385 e. The Balaban J connectivity index is 1.50. The molecule has 5 rings (SSSR count). The Bertz CT molecular complexity index is 1430. The van der Waals surface area contributed by atoms with Gasteiger partial charge < -0.3 is 4.74 Å². The SMILES string of the molecule is COCCCn1c(=O)c2ccccc2n2c(=S)n(CN3CC=C(c4ccccc4)CC3)nc12. The Kier molecular flexibility index (Phi) is 6.22. The van der Waals surface area contributed by atoms with Crippen molar-refractivity contribution in [2.75, 3.05) is 26.8 Å². The molecule has 2 aromatic heterocycles. The van der Waals surface area contributed by atoms with E-state index in [4.69, 9.17) is 22.1 Å². The maximum atomic E-state index is 13.2. The molecule has 0 saturated heterocycles. The minimum atomic E-state index is -0.0465. The average molecular weight is 462 g/mol. The van der Waals surface area contributed by atoms with Crippen LogP contribution in [-0.2, 0) is 18.0 Å². The molecule has 8 heteroatoms. The quantitative estimate of drug-likeness (QED) is 0.308. The standard InChI is InChI=1S/C25H27N5O2S/c1-32-17-7-14-28-23(31)21-10-5-6-11-22(21)30-24(28)26-29(25(30)33)18-27-15-12-20(13-16-27)19-8-3-2-4-9-19/h2-6,8-12H,7,13-18H2,1H3. The second-order valence-corrected chi connectivity index (χ2v) is 8.67. The van der Waals surface area contributed by atoms with Gasteiger partial charge in [0.1, 0.15) is 0 Å². The summed E-state index contributed by atoms with van der Waals surface area (Å²) in [5.74, 6) is 0.581. The molecular formula is C25H27N5O2S. The van der Waals surface area contributed by atoms with E-state index < -0.39 is 0 Å². The van der Waals surface area contributed by atoms with Crippen molar-refractivity contribution in [2.45, 2.75) is 26.1 Å². The highest BCUT2D eigenvalue weighted by atomic mass is 32.1. The van der Waals surface area contributed by atoms with Crippen LogP contribution in [0.1, 0.15) is 18.4 Å². The summed E-state index contributed by atoms with van der Waals surface area (Å²) in [7, 11) is 1.67. The van der Waals surface area contributed by atoms with Crippen LogP contribution in [0.3, 0.4) is 0 Å². The number of rotatable bonds is 7. The molecule has 0 saturated carbocycles. The van der Waals surface area contributed by atoms with Crippen molar-refractivity contribution in [1.82, 2.24) is 23.6 Å². The third kappa shape index (κ3) is 4.17. The van der Waals surface area contributed by atoms with Gasteiger partial charge in [0.25, 0.3) is 5.56 Å². The van der Waals surface area contributed by atoms with Crippen LogP contribution in [0.5, 0.6) is 0 Å². The summed E-state index contributed by atoms with van der Waals surface area (Å²) in [5.41, 5.74) is 3.41. The summed E-state index contributed by atoms with van der Waals surface area (Å²) < 4.78 is 11.3. The lowest BCUT2D eigenvalue weighted by molar-refractivity contribution is 0.190. The second kappa shape index (κ2) is 9.43. The zero-order valence-electron chi connectivity index (χ0n) is 18.7. The molecule has 0 amide bonds. The highest BCUT2D eigenvalue weighted by molar-refractivity contribution is 7.71. The predicted molar refractivity (Wildman–Crippen MR) is 133 cm³/mol. The van der Waals surface area contributed by atoms with E-state index in [1.54, 1.807) is 11.7 Å². The van der Waals surface area contributed by atoms with Gasteiger partial charge in [0, 0.05) is 33.4 Å². The topological polar surface area (TPSA) is 56.7 Å². The lowest BCUT2D eigenvalue weighted by Gasteiger charge is -2.26. The van der Waals surface area contributed by atoms with Gasteiger partial charge in [0.15, 0.2) is 0 Å². The molecule has 170 valence electrons. The molecule has 0 unspecified atom stereocenters. The van der Waals surface area contributed by atoms with E-state index in [0.29, 0.717) is 35.8 Å². The molecule has 0 bridgehead atoms. The third-order valence-corrected chi connectivity index (χ3v) is 6.58. The Morgan fingerprint density at radius 2 is 1.88 bits per heavy atom. The first-order chi connectivity index (χ1) is 16.2. The first-order valence-electron chi connectivity index (χ1n) is 11.2. The van der Waals surface area contributed by atoms with Crippen LogP contribution in [0.4, 0.5) is 0 Å². The average Bonchev–Trinajstić information content (AvgIpc) is 3.18. The molecule has 3 heterocycles. The Morgan fingerprint density at radius 1 is 1.09 bits per heavy atom. The molecule has 1 aliphatic rings. The molecule has 33 heavy (non-hydrogen) atoms. The van der Waals surface area contributed by atoms with E-state index in [1.807, 2.05) is 39.4 Å². The van der Waals surface area contributed by atoms with Crippen LogP contribution in [0.15, 0.2) is 65.5 Å². The fourth-order valence-corrected chi connectivity index (χ4v) is 4.75. The number of nitrogens with zero attached hydrogens (tertiary/aromatic N) is 5.